The largest absolute Gasteiger partial charge is 0.326 e. The van der Waals surface area contributed by atoms with Crippen LogP contribution in [-0.2, 0) is 0 Å². The van der Waals surface area contributed by atoms with Crippen molar-refractivity contribution in [3.8, 4) is 0 Å². The van der Waals surface area contributed by atoms with Gasteiger partial charge in [0.1, 0.15) is 5.01 Å². The molecular weight excluding hydrogens is 350 g/mol. The average Bonchev–Trinajstić information content (AvgIpc) is 2.94. The zero-order valence-electron chi connectivity index (χ0n) is 10.1. The zero-order chi connectivity index (χ0) is 13.1. The third kappa shape index (κ3) is 3.54. The van der Waals surface area contributed by atoms with Gasteiger partial charge in [-0.25, -0.2) is 0 Å². The van der Waals surface area contributed by atoms with Crippen molar-refractivity contribution >= 4 is 50.4 Å². The van der Waals surface area contributed by atoms with Crippen LogP contribution in [0.25, 0.3) is 0 Å². The van der Waals surface area contributed by atoms with Gasteiger partial charge in [0.15, 0.2) is 4.34 Å². The van der Waals surface area contributed by atoms with Crippen LogP contribution < -0.4 is 5.73 Å². The fourth-order valence-electron chi connectivity index (χ4n) is 1.49. The second-order valence-electron chi connectivity index (χ2n) is 3.84. The molecule has 7 heteroatoms. The van der Waals surface area contributed by atoms with E-state index in [9.17, 15) is 0 Å². The fraction of sp³-hybridized carbons (Fsp3) is 0.455. The van der Waals surface area contributed by atoms with Crippen LogP contribution in [0, 0.1) is 6.92 Å². The van der Waals surface area contributed by atoms with Crippen molar-refractivity contribution in [3.63, 3.8) is 0 Å². The highest BCUT2D eigenvalue weighted by Gasteiger charge is 2.23. The minimum atomic E-state index is 0.129. The second-order valence-corrected chi connectivity index (χ2v) is 8.90. The van der Waals surface area contributed by atoms with Crippen LogP contribution in [0.4, 0.5) is 0 Å². The number of hydrogen-bond acceptors (Lipinski definition) is 6. The summed E-state index contributed by atoms with van der Waals surface area (Å²) in [4.78, 5) is 1.29. The minimum absolute atomic E-state index is 0.129. The molecule has 0 aliphatic rings. The van der Waals surface area contributed by atoms with E-state index in [4.69, 9.17) is 5.73 Å². The highest BCUT2D eigenvalue weighted by molar-refractivity contribution is 9.11. The highest BCUT2D eigenvalue weighted by Crippen LogP contribution is 2.42. The molecule has 2 heterocycles. The van der Waals surface area contributed by atoms with Gasteiger partial charge in [-0.2, -0.15) is 0 Å². The molecule has 0 aliphatic carbocycles. The van der Waals surface area contributed by atoms with Gasteiger partial charge in [0.05, 0.1) is 9.04 Å². The molecule has 2 atom stereocenters. The molecule has 0 spiro atoms. The van der Waals surface area contributed by atoms with Gasteiger partial charge in [0.25, 0.3) is 0 Å². The molecule has 98 valence electrons. The monoisotopic (exact) mass is 363 g/mol. The predicted octanol–water partition coefficient (Wildman–Crippen LogP) is 4.24. The van der Waals surface area contributed by atoms with E-state index >= 15 is 0 Å². The van der Waals surface area contributed by atoms with Gasteiger partial charge in [-0.3, -0.25) is 0 Å². The molecule has 0 amide bonds. The Morgan fingerprint density at radius 1 is 1.39 bits per heavy atom. The summed E-state index contributed by atoms with van der Waals surface area (Å²) >= 11 is 8.58. The summed E-state index contributed by atoms with van der Waals surface area (Å²) in [6, 6.07) is 4.33. The molecule has 2 rings (SSSR count). The Morgan fingerprint density at radius 2 is 2.17 bits per heavy atom. The maximum absolute atomic E-state index is 6.24. The van der Waals surface area contributed by atoms with Gasteiger partial charge < -0.3 is 5.73 Å². The maximum atomic E-state index is 6.24. The van der Waals surface area contributed by atoms with E-state index in [2.05, 4.69) is 45.2 Å². The smallest absolute Gasteiger partial charge is 0.174 e. The molecule has 2 unspecified atom stereocenters. The van der Waals surface area contributed by atoms with E-state index in [1.54, 1.807) is 34.4 Å². The van der Waals surface area contributed by atoms with Gasteiger partial charge in [0.2, 0.25) is 0 Å². The third-order valence-electron chi connectivity index (χ3n) is 2.47. The van der Waals surface area contributed by atoms with Crippen LogP contribution in [0.5, 0.6) is 0 Å². The van der Waals surface area contributed by atoms with Crippen LogP contribution in [0.2, 0.25) is 0 Å². The number of thioether (sulfide) groups is 1. The average molecular weight is 364 g/mol. The standard InChI is InChI=1S/C11H14BrN3S3/c1-3-7(13)10(8-4-5-9(12)17-8)18-11-15-14-6(2)16-11/h4-5,7,10H,3,13H2,1-2H3. The van der Waals surface area contributed by atoms with Gasteiger partial charge in [-0.15, -0.1) is 21.5 Å². The first kappa shape index (κ1) is 14.5. The summed E-state index contributed by atoms with van der Waals surface area (Å²) in [5.74, 6) is 0. The number of nitrogens with two attached hydrogens (primary N) is 1. The summed E-state index contributed by atoms with van der Waals surface area (Å²) in [6.45, 7) is 4.09. The fourth-order valence-corrected chi connectivity index (χ4v) is 5.40. The number of thiophene rings is 1. The van der Waals surface area contributed by atoms with Gasteiger partial charge in [-0.05, 0) is 41.4 Å². The maximum Gasteiger partial charge on any atom is 0.174 e. The Morgan fingerprint density at radius 3 is 2.67 bits per heavy atom. The first-order valence-electron chi connectivity index (χ1n) is 5.57. The predicted molar refractivity (Wildman–Crippen MR) is 83.5 cm³/mol. The lowest BCUT2D eigenvalue weighted by molar-refractivity contribution is 0.639. The van der Waals surface area contributed by atoms with E-state index in [0.717, 1.165) is 19.6 Å². The Labute approximate surface area is 127 Å². The van der Waals surface area contributed by atoms with E-state index < -0.39 is 0 Å². The first-order valence-corrected chi connectivity index (χ1v) is 8.88. The van der Waals surface area contributed by atoms with Crippen LogP contribution in [0.3, 0.4) is 0 Å². The molecule has 0 saturated carbocycles. The van der Waals surface area contributed by atoms with E-state index in [0.29, 0.717) is 0 Å². The van der Waals surface area contributed by atoms with Crippen molar-refractivity contribution < 1.29 is 0 Å². The van der Waals surface area contributed by atoms with Crippen molar-refractivity contribution in [1.82, 2.24) is 10.2 Å². The first-order chi connectivity index (χ1) is 8.60. The lowest BCUT2D eigenvalue weighted by atomic mass is 10.1. The number of aromatic nitrogens is 2. The Bertz CT molecular complexity index is 511. The highest BCUT2D eigenvalue weighted by atomic mass is 79.9. The van der Waals surface area contributed by atoms with Crippen molar-refractivity contribution in [2.45, 2.75) is 35.9 Å². The molecule has 2 N–H and O–H groups in total. The van der Waals surface area contributed by atoms with Crippen molar-refractivity contribution in [2.24, 2.45) is 5.73 Å². The van der Waals surface area contributed by atoms with Gasteiger partial charge in [-0.1, -0.05) is 30.0 Å². The summed E-state index contributed by atoms with van der Waals surface area (Å²) in [5, 5.41) is 9.47. The number of aryl methyl sites for hydroxylation is 1. The van der Waals surface area contributed by atoms with Crippen LogP contribution in [0.1, 0.15) is 28.5 Å². The van der Waals surface area contributed by atoms with E-state index in [1.165, 1.54) is 4.88 Å². The summed E-state index contributed by atoms with van der Waals surface area (Å²) in [7, 11) is 0. The van der Waals surface area contributed by atoms with Gasteiger partial charge in [0, 0.05) is 10.9 Å². The summed E-state index contributed by atoms with van der Waals surface area (Å²) < 4.78 is 2.13. The Kier molecular flexibility index (Phi) is 5.20. The number of nitrogens with zero attached hydrogens (tertiary/aromatic N) is 2. The molecular formula is C11H14BrN3S3. The van der Waals surface area contributed by atoms with E-state index in [1.807, 2.05) is 6.92 Å². The summed E-state index contributed by atoms with van der Waals surface area (Å²) in [5.41, 5.74) is 6.24. The molecule has 0 radical (unpaired) electrons. The third-order valence-corrected chi connectivity index (χ3v) is 6.64. The SMILES string of the molecule is CCC(N)C(Sc1nnc(C)s1)c1ccc(Br)s1. The van der Waals surface area contributed by atoms with Crippen LogP contribution in [0.15, 0.2) is 20.3 Å². The van der Waals surface area contributed by atoms with Crippen molar-refractivity contribution in [1.29, 1.82) is 0 Å². The molecule has 0 saturated heterocycles. The summed E-state index contributed by atoms with van der Waals surface area (Å²) in [6.07, 6.45) is 0.949. The van der Waals surface area contributed by atoms with Crippen molar-refractivity contribution in [2.75, 3.05) is 0 Å². The molecule has 2 aromatic heterocycles. The molecule has 0 bridgehead atoms. The quantitative estimate of drug-likeness (QED) is 0.807. The number of hydrogen-bond donors (Lipinski definition) is 1. The number of halogens is 1. The van der Waals surface area contributed by atoms with E-state index in [-0.39, 0.29) is 11.3 Å². The zero-order valence-corrected chi connectivity index (χ0v) is 14.1. The second kappa shape index (κ2) is 6.47. The van der Waals surface area contributed by atoms with Crippen molar-refractivity contribution in [3.05, 3.63) is 25.8 Å². The van der Waals surface area contributed by atoms with Crippen LogP contribution >= 0.6 is 50.4 Å². The molecule has 0 aromatic carbocycles. The Hall–Kier alpha value is 0.0500. The molecule has 3 nitrogen and oxygen atoms in total. The molecule has 18 heavy (non-hydrogen) atoms. The lowest BCUT2D eigenvalue weighted by Gasteiger charge is -2.19. The normalized spacial score (nSPS) is 14.7. The van der Waals surface area contributed by atoms with Gasteiger partial charge >= 0.3 is 0 Å². The molecule has 2 aromatic rings. The number of rotatable bonds is 5. The van der Waals surface area contributed by atoms with Crippen LogP contribution in [-0.4, -0.2) is 16.2 Å². The minimum Gasteiger partial charge on any atom is -0.326 e. The Balaban J connectivity index is 2.20. The molecule has 0 fully saturated rings. The molecule has 0 aliphatic heterocycles. The topological polar surface area (TPSA) is 51.8 Å². The lowest BCUT2D eigenvalue weighted by Crippen LogP contribution is -2.25.